The lowest BCUT2D eigenvalue weighted by atomic mass is 10.4. The summed E-state index contributed by atoms with van der Waals surface area (Å²) in [6, 6.07) is 9.39. The van der Waals surface area contributed by atoms with Crippen LogP contribution in [-0.4, -0.2) is 18.3 Å². The van der Waals surface area contributed by atoms with Gasteiger partial charge in [-0.2, -0.15) is 0 Å². The third-order valence-electron chi connectivity index (χ3n) is 2.41. The molecule has 0 heterocycles. The Morgan fingerprint density at radius 3 is 2.67 bits per heavy atom. The molecule has 0 atom stereocenters. The van der Waals surface area contributed by atoms with Gasteiger partial charge in [0, 0.05) is 15.4 Å². The van der Waals surface area contributed by atoms with Crippen molar-refractivity contribution in [1.29, 1.82) is 0 Å². The summed E-state index contributed by atoms with van der Waals surface area (Å²) < 4.78 is 1.15. The molecule has 1 fully saturated rings. The second kappa shape index (κ2) is 5.92. The molecule has 1 aromatic rings. The fourth-order valence-corrected chi connectivity index (χ4v) is 2.50. The molecule has 1 aliphatic carbocycles. The van der Waals surface area contributed by atoms with Crippen LogP contribution in [0.25, 0.3) is 0 Å². The maximum atomic E-state index is 3.53. The minimum Gasteiger partial charge on any atom is -0.314 e. The number of halogens is 1. The maximum Gasteiger partial charge on any atom is 0.0176 e. The molecule has 82 valence electrons. The third-order valence-corrected chi connectivity index (χ3v) is 4.04. The van der Waals surface area contributed by atoms with Crippen LogP contribution in [0, 0.1) is 0 Å². The van der Waals surface area contributed by atoms with E-state index >= 15 is 0 Å². The molecule has 1 aromatic carbocycles. The highest BCUT2D eigenvalue weighted by molar-refractivity contribution is 9.10. The van der Waals surface area contributed by atoms with Crippen molar-refractivity contribution in [1.82, 2.24) is 5.32 Å². The predicted molar refractivity (Wildman–Crippen MR) is 70.5 cm³/mol. The van der Waals surface area contributed by atoms with Gasteiger partial charge in [-0.25, -0.2) is 0 Å². The van der Waals surface area contributed by atoms with Gasteiger partial charge in [-0.05, 0) is 55.8 Å². The fraction of sp³-hybridized carbons (Fsp3) is 0.500. The van der Waals surface area contributed by atoms with Crippen LogP contribution < -0.4 is 5.32 Å². The molecule has 0 amide bonds. The normalized spacial score (nSPS) is 15.5. The Morgan fingerprint density at radius 1 is 1.27 bits per heavy atom. The van der Waals surface area contributed by atoms with Crippen molar-refractivity contribution in [3.05, 3.63) is 28.7 Å². The molecule has 1 N–H and O–H groups in total. The minimum atomic E-state index is 0.850. The Kier molecular flexibility index (Phi) is 4.54. The van der Waals surface area contributed by atoms with Crippen LogP contribution in [0.4, 0.5) is 0 Å². The lowest BCUT2D eigenvalue weighted by Crippen LogP contribution is -2.17. The Balaban J connectivity index is 1.58. The number of thioether (sulfide) groups is 1. The van der Waals surface area contributed by atoms with Crippen LogP contribution in [0.5, 0.6) is 0 Å². The van der Waals surface area contributed by atoms with Gasteiger partial charge in [-0.1, -0.05) is 15.9 Å². The molecule has 1 saturated carbocycles. The first kappa shape index (κ1) is 11.5. The average molecular weight is 286 g/mol. The van der Waals surface area contributed by atoms with Gasteiger partial charge in [-0.15, -0.1) is 11.8 Å². The van der Waals surface area contributed by atoms with Gasteiger partial charge in [0.25, 0.3) is 0 Å². The lowest BCUT2D eigenvalue weighted by Gasteiger charge is -2.03. The highest BCUT2D eigenvalue weighted by Gasteiger charge is 2.19. The van der Waals surface area contributed by atoms with Gasteiger partial charge in [0.1, 0.15) is 0 Å². The zero-order valence-corrected chi connectivity index (χ0v) is 11.1. The zero-order valence-electron chi connectivity index (χ0n) is 8.71. The Morgan fingerprint density at radius 2 is 2.00 bits per heavy atom. The molecule has 0 radical (unpaired) electrons. The van der Waals surface area contributed by atoms with Crippen LogP contribution in [-0.2, 0) is 0 Å². The summed E-state index contributed by atoms with van der Waals surface area (Å²) in [5.74, 6) is 1.21. The summed E-state index contributed by atoms with van der Waals surface area (Å²) in [4.78, 5) is 1.37. The summed E-state index contributed by atoms with van der Waals surface area (Å²) in [7, 11) is 0. The molecular weight excluding hydrogens is 270 g/mol. The van der Waals surface area contributed by atoms with E-state index in [0.717, 1.165) is 10.5 Å². The number of rotatable bonds is 6. The number of benzene rings is 1. The molecule has 1 aliphatic rings. The van der Waals surface area contributed by atoms with Crippen molar-refractivity contribution in [2.45, 2.75) is 30.2 Å². The Hall–Kier alpha value is 0.01000. The molecule has 0 unspecified atom stereocenters. The molecule has 0 spiro atoms. The lowest BCUT2D eigenvalue weighted by molar-refractivity contribution is 0.674. The van der Waals surface area contributed by atoms with E-state index in [1.165, 1.54) is 36.5 Å². The molecule has 3 heteroatoms. The first-order chi connectivity index (χ1) is 7.34. The average Bonchev–Trinajstić information content (AvgIpc) is 3.04. The minimum absolute atomic E-state index is 0.850. The molecule has 0 aromatic heterocycles. The third kappa shape index (κ3) is 4.58. The van der Waals surface area contributed by atoms with E-state index in [0.29, 0.717) is 0 Å². The highest BCUT2D eigenvalue weighted by Crippen LogP contribution is 2.21. The topological polar surface area (TPSA) is 12.0 Å². The highest BCUT2D eigenvalue weighted by atomic mass is 79.9. The van der Waals surface area contributed by atoms with Gasteiger partial charge in [0.2, 0.25) is 0 Å². The monoisotopic (exact) mass is 285 g/mol. The quantitative estimate of drug-likeness (QED) is 0.632. The van der Waals surface area contributed by atoms with Crippen molar-refractivity contribution < 1.29 is 0 Å². The fourth-order valence-electron chi connectivity index (χ4n) is 1.39. The van der Waals surface area contributed by atoms with E-state index in [1.807, 2.05) is 11.8 Å². The van der Waals surface area contributed by atoms with Crippen molar-refractivity contribution in [2.24, 2.45) is 0 Å². The van der Waals surface area contributed by atoms with Crippen LogP contribution in [0.3, 0.4) is 0 Å². The van der Waals surface area contributed by atoms with Gasteiger partial charge in [-0.3, -0.25) is 0 Å². The van der Waals surface area contributed by atoms with Crippen molar-refractivity contribution in [2.75, 3.05) is 12.3 Å². The largest absolute Gasteiger partial charge is 0.314 e. The molecule has 0 bridgehead atoms. The number of nitrogens with one attached hydrogen (secondary N) is 1. The zero-order chi connectivity index (χ0) is 10.5. The van der Waals surface area contributed by atoms with Gasteiger partial charge >= 0.3 is 0 Å². The summed E-state index contributed by atoms with van der Waals surface area (Å²) >= 11 is 5.38. The Labute approximate surface area is 104 Å². The van der Waals surface area contributed by atoms with E-state index < -0.39 is 0 Å². The second-order valence-corrected chi connectivity index (χ2v) is 5.97. The predicted octanol–water partition coefficient (Wildman–Crippen LogP) is 3.68. The summed E-state index contributed by atoms with van der Waals surface area (Å²) in [5.41, 5.74) is 0. The SMILES string of the molecule is Brc1ccc(SCCCNC2CC2)cc1. The molecular formula is C12H16BrNS. The summed E-state index contributed by atoms with van der Waals surface area (Å²) in [5, 5.41) is 3.53. The molecule has 0 saturated heterocycles. The molecule has 15 heavy (non-hydrogen) atoms. The van der Waals surface area contributed by atoms with Crippen LogP contribution in [0.15, 0.2) is 33.6 Å². The Bertz CT molecular complexity index is 295. The first-order valence-electron chi connectivity index (χ1n) is 5.46. The maximum absolute atomic E-state index is 3.53. The van der Waals surface area contributed by atoms with Crippen LogP contribution >= 0.6 is 27.7 Å². The van der Waals surface area contributed by atoms with Crippen molar-refractivity contribution >= 4 is 27.7 Å². The van der Waals surface area contributed by atoms with Crippen molar-refractivity contribution in [3.63, 3.8) is 0 Å². The van der Waals surface area contributed by atoms with E-state index in [4.69, 9.17) is 0 Å². The van der Waals surface area contributed by atoms with E-state index in [9.17, 15) is 0 Å². The van der Waals surface area contributed by atoms with Gasteiger partial charge in [0.05, 0.1) is 0 Å². The van der Waals surface area contributed by atoms with Crippen molar-refractivity contribution in [3.8, 4) is 0 Å². The number of hydrogen-bond acceptors (Lipinski definition) is 2. The van der Waals surface area contributed by atoms with Crippen LogP contribution in [0.1, 0.15) is 19.3 Å². The van der Waals surface area contributed by atoms with Crippen LogP contribution in [0.2, 0.25) is 0 Å². The van der Waals surface area contributed by atoms with Gasteiger partial charge < -0.3 is 5.32 Å². The molecule has 0 aliphatic heterocycles. The number of hydrogen-bond donors (Lipinski definition) is 1. The van der Waals surface area contributed by atoms with E-state index in [-0.39, 0.29) is 0 Å². The van der Waals surface area contributed by atoms with E-state index in [1.54, 1.807) is 0 Å². The summed E-state index contributed by atoms with van der Waals surface area (Å²) in [6.45, 7) is 1.17. The molecule has 2 rings (SSSR count). The second-order valence-electron chi connectivity index (χ2n) is 3.88. The summed E-state index contributed by atoms with van der Waals surface area (Å²) in [6.07, 6.45) is 4.04. The first-order valence-corrected chi connectivity index (χ1v) is 7.24. The van der Waals surface area contributed by atoms with Gasteiger partial charge in [0.15, 0.2) is 0 Å². The smallest absolute Gasteiger partial charge is 0.0176 e. The van der Waals surface area contributed by atoms with E-state index in [2.05, 4.69) is 45.5 Å². The standard InChI is InChI=1S/C12H16BrNS/c13-10-2-6-12(7-3-10)15-9-1-8-14-11-4-5-11/h2-3,6-7,11,14H,1,4-5,8-9H2. The molecule has 1 nitrogen and oxygen atoms in total.